The molecule has 4 nitrogen and oxygen atoms in total. The van der Waals surface area contributed by atoms with Crippen molar-refractivity contribution in [2.45, 2.75) is 52.7 Å². The molecule has 1 aliphatic heterocycles. The van der Waals surface area contributed by atoms with Crippen LogP contribution in [0.4, 0.5) is 4.79 Å². The molecule has 0 saturated carbocycles. The number of rotatable bonds is 0. The lowest BCUT2D eigenvalue weighted by Crippen LogP contribution is -2.56. The Morgan fingerprint density at radius 1 is 1.29 bits per heavy atom. The summed E-state index contributed by atoms with van der Waals surface area (Å²) < 4.78 is 5.35. The lowest BCUT2D eigenvalue weighted by molar-refractivity contribution is -0.0918. The molecule has 1 N–H and O–H groups in total. The van der Waals surface area contributed by atoms with Crippen molar-refractivity contribution < 1.29 is 14.6 Å². The Balaban J connectivity index is 2.68. The molecule has 1 unspecified atom stereocenters. The van der Waals surface area contributed by atoms with Crippen molar-refractivity contribution in [3.8, 4) is 0 Å². The number of hydrogen-bond acceptors (Lipinski definition) is 3. The molecule has 0 spiro atoms. The summed E-state index contributed by atoms with van der Waals surface area (Å²) >= 11 is 0. The van der Waals surface area contributed by atoms with E-state index in [9.17, 15) is 9.90 Å². The monoisotopic (exact) mass is 243 g/mol. The average Bonchev–Trinajstić information content (AvgIpc) is 2.11. The molecule has 0 aromatic rings. The number of carbonyl (C=O) groups excluding carboxylic acids is 1. The maximum atomic E-state index is 11.9. The van der Waals surface area contributed by atoms with E-state index in [2.05, 4.69) is 0 Å². The zero-order chi connectivity index (χ0) is 13.4. The van der Waals surface area contributed by atoms with Gasteiger partial charge < -0.3 is 14.7 Å². The zero-order valence-electron chi connectivity index (χ0n) is 11.8. The molecule has 0 aromatic heterocycles. The highest BCUT2D eigenvalue weighted by atomic mass is 16.6. The molecule has 0 aliphatic carbocycles. The molecule has 0 radical (unpaired) electrons. The Labute approximate surface area is 104 Å². The van der Waals surface area contributed by atoms with Crippen molar-refractivity contribution >= 4 is 6.09 Å². The summed E-state index contributed by atoms with van der Waals surface area (Å²) in [6, 6.07) is 0. The standard InChI is InChI=1S/C13H25NO3/c1-9-7-14(8-10(2)13(9,6)16)11(15)17-12(3,4)5/h9-10,16H,7-8H2,1-6H3/t9-,10+,13?. The van der Waals surface area contributed by atoms with Gasteiger partial charge in [0, 0.05) is 24.9 Å². The van der Waals surface area contributed by atoms with Crippen LogP contribution in [0.5, 0.6) is 0 Å². The van der Waals surface area contributed by atoms with E-state index >= 15 is 0 Å². The van der Waals surface area contributed by atoms with Gasteiger partial charge in [0.1, 0.15) is 5.60 Å². The highest BCUT2D eigenvalue weighted by Gasteiger charge is 2.42. The third kappa shape index (κ3) is 3.35. The number of hydrogen-bond donors (Lipinski definition) is 1. The van der Waals surface area contributed by atoms with Gasteiger partial charge in [0.2, 0.25) is 0 Å². The second-order valence-electron chi connectivity index (χ2n) is 6.41. The van der Waals surface area contributed by atoms with Crippen LogP contribution in [-0.4, -0.2) is 40.4 Å². The molecule has 1 rings (SSSR count). The second-order valence-corrected chi connectivity index (χ2v) is 6.41. The predicted octanol–water partition coefficient (Wildman–Crippen LogP) is 2.26. The van der Waals surface area contributed by atoms with Crippen LogP contribution in [0.3, 0.4) is 0 Å². The fourth-order valence-electron chi connectivity index (χ4n) is 2.07. The minimum atomic E-state index is -0.710. The lowest BCUT2D eigenvalue weighted by atomic mass is 9.77. The summed E-state index contributed by atoms with van der Waals surface area (Å²) in [5.74, 6) is 0.109. The molecular formula is C13H25NO3. The highest BCUT2D eigenvalue weighted by molar-refractivity contribution is 5.68. The largest absolute Gasteiger partial charge is 0.444 e. The predicted molar refractivity (Wildman–Crippen MR) is 66.8 cm³/mol. The molecule has 1 amide bonds. The number of likely N-dealkylation sites (tertiary alicyclic amines) is 1. The van der Waals surface area contributed by atoms with Crippen LogP contribution in [-0.2, 0) is 4.74 Å². The van der Waals surface area contributed by atoms with E-state index in [1.165, 1.54) is 0 Å². The van der Waals surface area contributed by atoms with Gasteiger partial charge in [0.15, 0.2) is 0 Å². The molecule has 0 bridgehead atoms. The molecule has 1 aliphatic rings. The summed E-state index contributed by atoms with van der Waals surface area (Å²) in [4.78, 5) is 13.6. The second kappa shape index (κ2) is 4.48. The van der Waals surface area contributed by atoms with Gasteiger partial charge >= 0.3 is 6.09 Å². The van der Waals surface area contributed by atoms with E-state index in [1.54, 1.807) is 4.90 Å². The van der Waals surface area contributed by atoms with Crippen LogP contribution >= 0.6 is 0 Å². The van der Waals surface area contributed by atoms with Gasteiger partial charge in [0.25, 0.3) is 0 Å². The third-order valence-corrected chi connectivity index (χ3v) is 3.64. The van der Waals surface area contributed by atoms with Crippen molar-refractivity contribution in [2.24, 2.45) is 11.8 Å². The van der Waals surface area contributed by atoms with Crippen molar-refractivity contribution in [3.63, 3.8) is 0 Å². The number of piperidine rings is 1. The molecule has 3 atom stereocenters. The first-order chi connectivity index (χ1) is 7.54. The Morgan fingerprint density at radius 2 is 1.71 bits per heavy atom. The first-order valence-corrected chi connectivity index (χ1v) is 6.24. The first kappa shape index (κ1) is 14.3. The number of carbonyl (C=O) groups is 1. The lowest BCUT2D eigenvalue weighted by Gasteiger charge is -2.45. The quantitative estimate of drug-likeness (QED) is 0.710. The summed E-state index contributed by atoms with van der Waals surface area (Å²) in [7, 11) is 0. The van der Waals surface area contributed by atoms with Gasteiger partial charge in [-0.3, -0.25) is 0 Å². The number of ether oxygens (including phenoxy) is 1. The topological polar surface area (TPSA) is 49.8 Å². The Hall–Kier alpha value is -0.770. The van der Waals surface area contributed by atoms with Crippen molar-refractivity contribution in [1.29, 1.82) is 0 Å². The Kier molecular flexibility index (Phi) is 3.77. The van der Waals surface area contributed by atoms with E-state index < -0.39 is 11.2 Å². The number of aliphatic hydroxyl groups is 1. The maximum Gasteiger partial charge on any atom is 0.410 e. The normalized spacial score (nSPS) is 34.6. The minimum absolute atomic E-state index is 0.0544. The van der Waals surface area contributed by atoms with Crippen LogP contribution in [0.2, 0.25) is 0 Å². The maximum absolute atomic E-state index is 11.9. The molecular weight excluding hydrogens is 218 g/mol. The fraction of sp³-hybridized carbons (Fsp3) is 0.923. The molecule has 4 heteroatoms. The van der Waals surface area contributed by atoms with Gasteiger partial charge in [-0.2, -0.15) is 0 Å². The number of nitrogens with zero attached hydrogens (tertiary/aromatic N) is 1. The average molecular weight is 243 g/mol. The van der Waals surface area contributed by atoms with Crippen LogP contribution in [0.15, 0.2) is 0 Å². The van der Waals surface area contributed by atoms with E-state index in [0.717, 1.165) is 0 Å². The van der Waals surface area contributed by atoms with Gasteiger partial charge in [-0.25, -0.2) is 4.79 Å². The SMILES string of the molecule is C[C@@H]1CN(C(=O)OC(C)(C)C)C[C@H](C)C1(C)O. The fourth-order valence-corrected chi connectivity index (χ4v) is 2.07. The molecule has 1 fully saturated rings. The highest BCUT2D eigenvalue weighted by Crippen LogP contribution is 2.32. The van der Waals surface area contributed by atoms with E-state index in [1.807, 2.05) is 41.5 Å². The summed E-state index contributed by atoms with van der Waals surface area (Å²) in [5.41, 5.74) is -1.18. The summed E-state index contributed by atoms with van der Waals surface area (Å²) in [6.45, 7) is 12.4. The Morgan fingerprint density at radius 3 is 2.06 bits per heavy atom. The smallest absolute Gasteiger partial charge is 0.410 e. The van der Waals surface area contributed by atoms with Crippen LogP contribution < -0.4 is 0 Å². The number of amides is 1. The summed E-state index contributed by atoms with van der Waals surface area (Å²) in [6.07, 6.45) is -0.285. The molecule has 17 heavy (non-hydrogen) atoms. The van der Waals surface area contributed by atoms with Crippen LogP contribution in [0, 0.1) is 11.8 Å². The van der Waals surface area contributed by atoms with Gasteiger partial charge in [-0.1, -0.05) is 13.8 Å². The van der Waals surface area contributed by atoms with Crippen molar-refractivity contribution in [1.82, 2.24) is 4.90 Å². The molecule has 1 heterocycles. The third-order valence-electron chi connectivity index (χ3n) is 3.64. The van der Waals surface area contributed by atoms with Crippen molar-refractivity contribution in [3.05, 3.63) is 0 Å². The van der Waals surface area contributed by atoms with Crippen molar-refractivity contribution in [2.75, 3.05) is 13.1 Å². The zero-order valence-corrected chi connectivity index (χ0v) is 11.8. The van der Waals surface area contributed by atoms with E-state index in [4.69, 9.17) is 4.74 Å². The van der Waals surface area contributed by atoms with Gasteiger partial charge in [0.05, 0.1) is 5.60 Å². The summed E-state index contributed by atoms with van der Waals surface area (Å²) in [5, 5.41) is 10.3. The molecule has 0 aromatic carbocycles. The molecule has 100 valence electrons. The van der Waals surface area contributed by atoms with E-state index in [0.29, 0.717) is 13.1 Å². The minimum Gasteiger partial charge on any atom is -0.444 e. The Bertz CT molecular complexity index is 280. The van der Waals surface area contributed by atoms with Crippen LogP contribution in [0.1, 0.15) is 41.5 Å². The van der Waals surface area contributed by atoms with Gasteiger partial charge in [-0.05, 0) is 27.7 Å². The van der Waals surface area contributed by atoms with Crippen LogP contribution in [0.25, 0.3) is 0 Å². The van der Waals surface area contributed by atoms with E-state index in [-0.39, 0.29) is 17.9 Å². The van der Waals surface area contributed by atoms with Gasteiger partial charge in [-0.15, -0.1) is 0 Å². The first-order valence-electron chi connectivity index (χ1n) is 6.24. The molecule has 1 saturated heterocycles.